The van der Waals surface area contributed by atoms with E-state index >= 15 is 0 Å². The molecule has 0 aromatic rings. The standard InChI is InChI=1S/C17H28O5Si/c1-9-14(22-23(7,8)17(3,4)5)13(2)16(19)21-12-10-11-15(18)20-6/h9-11H,1,12H2,2-8H3/b11-10+,14-13+. The molecule has 0 unspecified atom stereocenters. The fourth-order valence-electron chi connectivity index (χ4n) is 1.24. The van der Waals surface area contributed by atoms with Crippen LogP contribution in [0, 0.1) is 0 Å². The third-order valence-electron chi connectivity index (χ3n) is 3.80. The van der Waals surface area contributed by atoms with Gasteiger partial charge in [0.1, 0.15) is 12.4 Å². The minimum atomic E-state index is -2.07. The highest BCUT2D eigenvalue weighted by atomic mass is 28.4. The number of carbonyl (C=O) groups is 2. The maximum atomic E-state index is 12.1. The van der Waals surface area contributed by atoms with Crippen LogP contribution in [0.15, 0.2) is 36.1 Å². The molecule has 0 amide bonds. The van der Waals surface area contributed by atoms with E-state index in [0.717, 1.165) is 0 Å². The average molecular weight is 340 g/mol. The average Bonchev–Trinajstić information content (AvgIpc) is 2.46. The summed E-state index contributed by atoms with van der Waals surface area (Å²) in [5.74, 6) is -0.562. The highest BCUT2D eigenvalue weighted by Gasteiger charge is 2.39. The molecule has 0 atom stereocenters. The molecule has 130 valence electrons. The normalized spacial score (nSPS) is 13.3. The van der Waals surface area contributed by atoms with Gasteiger partial charge in [0, 0.05) is 6.08 Å². The molecule has 0 heterocycles. The maximum absolute atomic E-state index is 12.1. The number of rotatable bonds is 7. The van der Waals surface area contributed by atoms with Gasteiger partial charge in [-0.1, -0.05) is 27.4 Å². The lowest BCUT2D eigenvalue weighted by molar-refractivity contribution is -0.138. The van der Waals surface area contributed by atoms with Crippen molar-refractivity contribution in [3.8, 4) is 0 Å². The van der Waals surface area contributed by atoms with Gasteiger partial charge in [-0.25, -0.2) is 9.59 Å². The van der Waals surface area contributed by atoms with Crippen molar-refractivity contribution in [2.75, 3.05) is 13.7 Å². The molecule has 0 rings (SSSR count). The van der Waals surface area contributed by atoms with E-state index in [4.69, 9.17) is 9.16 Å². The van der Waals surface area contributed by atoms with Crippen LogP contribution in [0.4, 0.5) is 0 Å². The van der Waals surface area contributed by atoms with Crippen LogP contribution in [0.1, 0.15) is 27.7 Å². The fourth-order valence-corrected chi connectivity index (χ4v) is 2.34. The highest BCUT2D eigenvalue weighted by molar-refractivity contribution is 6.74. The molecule has 0 bridgehead atoms. The second-order valence-electron chi connectivity index (χ2n) is 6.58. The van der Waals surface area contributed by atoms with Crippen molar-refractivity contribution in [1.82, 2.24) is 0 Å². The number of carbonyl (C=O) groups excluding carboxylic acids is 2. The van der Waals surface area contributed by atoms with E-state index in [9.17, 15) is 9.59 Å². The summed E-state index contributed by atoms with van der Waals surface area (Å²) in [6.45, 7) is 15.9. The molecular weight excluding hydrogens is 312 g/mol. The first kappa shape index (κ1) is 21.2. The predicted octanol–water partition coefficient (Wildman–Crippen LogP) is 3.74. The molecule has 0 radical (unpaired) electrons. The van der Waals surface area contributed by atoms with Crippen LogP contribution < -0.4 is 0 Å². The van der Waals surface area contributed by atoms with Crippen molar-refractivity contribution >= 4 is 20.3 Å². The first-order chi connectivity index (χ1) is 10.5. The van der Waals surface area contributed by atoms with Crippen LogP contribution in [-0.2, 0) is 23.5 Å². The molecule has 0 spiro atoms. The number of esters is 2. The van der Waals surface area contributed by atoms with Crippen LogP contribution >= 0.6 is 0 Å². The third-order valence-corrected chi connectivity index (χ3v) is 8.14. The Morgan fingerprint density at radius 2 is 1.78 bits per heavy atom. The molecule has 0 fully saturated rings. The predicted molar refractivity (Wildman–Crippen MR) is 93.3 cm³/mol. The van der Waals surface area contributed by atoms with Crippen LogP contribution in [0.5, 0.6) is 0 Å². The lowest BCUT2D eigenvalue weighted by Gasteiger charge is -2.37. The van der Waals surface area contributed by atoms with Gasteiger partial charge < -0.3 is 13.9 Å². The summed E-state index contributed by atoms with van der Waals surface area (Å²) in [4.78, 5) is 23.0. The zero-order chi connectivity index (χ0) is 18.3. The molecule has 0 aromatic heterocycles. The van der Waals surface area contributed by atoms with Gasteiger partial charge in [0.05, 0.1) is 12.7 Å². The maximum Gasteiger partial charge on any atom is 0.337 e. The smallest absolute Gasteiger partial charge is 0.337 e. The van der Waals surface area contributed by atoms with E-state index < -0.39 is 20.3 Å². The van der Waals surface area contributed by atoms with Gasteiger partial charge in [0.2, 0.25) is 8.32 Å². The Morgan fingerprint density at radius 3 is 2.22 bits per heavy atom. The van der Waals surface area contributed by atoms with Crippen molar-refractivity contribution in [3.05, 3.63) is 36.1 Å². The number of allylic oxidation sites excluding steroid dienone is 1. The van der Waals surface area contributed by atoms with E-state index in [1.54, 1.807) is 6.92 Å². The zero-order valence-electron chi connectivity index (χ0n) is 15.2. The number of hydrogen-bond donors (Lipinski definition) is 0. The molecule has 0 aliphatic carbocycles. The zero-order valence-corrected chi connectivity index (χ0v) is 16.2. The van der Waals surface area contributed by atoms with Gasteiger partial charge in [0.15, 0.2) is 0 Å². The molecule has 5 nitrogen and oxygen atoms in total. The first-order valence-corrected chi connectivity index (χ1v) is 10.3. The third kappa shape index (κ3) is 6.86. The van der Waals surface area contributed by atoms with E-state index in [2.05, 4.69) is 45.2 Å². The summed E-state index contributed by atoms with van der Waals surface area (Å²) in [7, 11) is -0.790. The lowest BCUT2D eigenvalue weighted by atomic mass is 10.2. The van der Waals surface area contributed by atoms with Crippen molar-refractivity contribution in [2.24, 2.45) is 0 Å². The molecule has 0 aliphatic heterocycles. The summed E-state index contributed by atoms with van der Waals surface area (Å²) >= 11 is 0. The summed E-state index contributed by atoms with van der Waals surface area (Å²) in [6.07, 6.45) is 4.15. The molecule has 6 heteroatoms. The lowest BCUT2D eigenvalue weighted by Crippen LogP contribution is -2.40. The van der Waals surface area contributed by atoms with Gasteiger partial charge in [0.25, 0.3) is 0 Å². The summed E-state index contributed by atoms with van der Waals surface area (Å²) in [5, 5.41) is 0.00863. The Morgan fingerprint density at radius 1 is 1.22 bits per heavy atom. The van der Waals surface area contributed by atoms with Crippen molar-refractivity contribution < 1.29 is 23.5 Å². The minimum absolute atomic E-state index is 0.00863. The van der Waals surface area contributed by atoms with Gasteiger partial charge in [-0.05, 0) is 37.2 Å². The molecule has 0 aliphatic rings. The summed E-state index contributed by atoms with van der Waals surface area (Å²) in [5.41, 5.74) is 0.358. The quantitative estimate of drug-likeness (QED) is 0.232. The molecule has 23 heavy (non-hydrogen) atoms. The van der Waals surface area contributed by atoms with Crippen LogP contribution in [0.3, 0.4) is 0 Å². The Bertz CT molecular complexity index is 510. The highest BCUT2D eigenvalue weighted by Crippen LogP contribution is 2.38. The molecule has 0 saturated carbocycles. The number of ether oxygens (including phenoxy) is 2. The largest absolute Gasteiger partial charge is 0.543 e. The van der Waals surface area contributed by atoms with Gasteiger partial charge in [-0.3, -0.25) is 0 Å². The molecule has 0 saturated heterocycles. The van der Waals surface area contributed by atoms with Gasteiger partial charge in [-0.15, -0.1) is 0 Å². The molecular formula is C17H28O5Si. The van der Waals surface area contributed by atoms with Crippen molar-refractivity contribution in [1.29, 1.82) is 0 Å². The Hall–Kier alpha value is -1.82. The topological polar surface area (TPSA) is 61.8 Å². The summed E-state index contributed by atoms with van der Waals surface area (Å²) in [6, 6.07) is 0. The Labute approximate surface area is 140 Å². The van der Waals surface area contributed by atoms with E-state index in [1.807, 2.05) is 0 Å². The second-order valence-corrected chi connectivity index (χ2v) is 11.3. The van der Waals surface area contributed by atoms with Crippen LogP contribution in [-0.4, -0.2) is 34.0 Å². The van der Waals surface area contributed by atoms with Crippen LogP contribution in [0.2, 0.25) is 18.1 Å². The first-order valence-electron chi connectivity index (χ1n) is 7.40. The number of methoxy groups -OCH3 is 1. The van der Waals surface area contributed by atoms with E-state index in [0.29, 0.717) is 11.3 Å². The fraction of sp³-hybridized carbons (Fsp3) is 0.529. The van der Waals surface area contributed by atoms with Gasteiger partial charge >= 0.3 is 11.9 Å². The second kappa shape index (κ2) is 8.72. The molecule has 0 N–H and O–H groups in total. The van der Waals surface area contributed by atoms with Crippen molar-refractivity contribution in [3.63, 3.8) is 0 Å². The summed E-state index contributed by atoms with van der Waals surface area (Å²) < 4.78 is 15.6. The Balaban J connectivity index is 4.96. The van der Waals surface area contributed by atoms with Gasteiger partial charge in [-0.2, -0.15) is 0 Å². The van der Waals surface area contributed by atoms with E-state index in [1.165, 1.54) is 25.3 Å². The monoisotopic (exact) mass is 340 g/mol. The number of hydrogen-bond acceptors (Lipinski definition) is 5. The van der Waals surface area contributed by atoms with Crippen LogP contribution in [0.25, 0.3) is 0 Å². The van der Waals surface area contributed by atoms with E-state index in [-0.39, 0.29) is 11.6 Å². The Kier molecular flexibility index (Phi) is 8.03. The van der Waals surface area contributed by atoms with Crippen molar-refractivity contribution in [2.45, 2.75) is 45.8 Å². The SMILES string of the molecule is C=C/C(O[Si](C)(C)C(C)(C)C)=C(/C)C(=O)OC/C=C/C(=O)OC. The minimum Gasteiger partial charge on any atom is -0.543 e. The molecule has 0 aromatic carbocycles.